The first-order chi connectivity index (χ1) is 9.54. The van der Waals surface area contributed by atoms with Gasteiger partial charge in [-0.3, -0.25) is 0 Å². The van der Waals surface area contributed by atoms with Gasteiger partial charge in [0.2, 0.25) is 0 Å². The van der Waals surface area contributed by atoms with Crippen LogP contribution >= 0.6 is 0 Å². The van der Waals surface area contributed by atoms with Gasteiger partial charge in [0.1, 0.15) is 0 Å². The minimum Gasteiger partial charge on any atom is -0.370 e. The minimum absolute atomic E-state index is 0.0679. The zero-order chi connectivity index (χ0) is 15.0. The number of ether oxygens (including phenoxy) is 1. The number of rotatable bonds is 9. The highest BCUT2D eigenvalue weighted by atomic mass is 16.5. The summed E-state index contributed by atoms with van der Waals surface area (Å²) in [6.45, 7) is 12.0. The third-order valence-electron chi connectivity index (χ3n) is 3.87. The molecule has 0 amide bonds. The van der Waals surface area contributed by atoms with Crippen LogP contribution in [0.5, 0.6) is 0 Å². The first kappa shape index (κ1) is 17.2. The van der Waals surface area contributed by atoms with E-state index in [1.807, 2.05) is 0 Å². The van der Waals surface area contributed by atoms with Gasteiger partial charge in [-0.15, -0.1) is 0 Å². The summed E-state index contributed by atoms with van der Waals surface area (Å²) >= 11 is 0. The van der Waals surface area contributed by atoms with Crippen LogP contribution in [0.15, 0.2) is 30.3 Å². The van der Waals surface area contributed by atoms with Crippen molar-refractivity contribution in [3.05, 3.63) is 35.9 Å². The highest BCUT2D eigenvalue weighted by molar-refractivity contribution is 5.20. The quantitative estimate of drug-likeness (QED) is 0.705. The zero-order valence-corrected chi connectivity index (χ0v) is 13.8. The maximum atomic E-state index is 6.39. The summed E-state index contributed by atoms with van der Waals surface area (Å²) in [5.41, 5.74) is 1.25. The summed E-state index contributed by atoms with van der Waals surface area (Å²) in [5, 5.41) is 3.66. The molecule has 2 atom stereocenters. The van der Waals surface area contributed by atoms with Gasteiger partial charge in [0.25, 0.3) is 0 Å². The van der Waals surface area contributed by atoms with Crippen molar-refractivity contribution in [1.82, 2.24) is 5.32 Å². The van der Waals surface area contributed by atoms with Gasteiger partial charge in [-0.05, 0) is 45.2 Å². The van der Waals surface area contributed by atoms with Crippen molar-refractivity contribution in [1.29, 1.82) is 0 Å². The van der Waals surface area contributed by atoms with Crippen molar-refractivity contribution < 1.29 is 4.74 Å². The Morgan fingerprint density at radius 2 is 1.75 bits per heavy atom. The second kappa shape index (κ2) is 8.43. The predicted molar refractivity (Wildman–Crippen MR) is 87.0 cm³/mol. The van der Waals surface area contributed by atoms with Gasteiger partial charge >= 0.3 is 0 Å². The van der Waals surface area contributed by atoms with E-state index < -0.39 is 0 Å². The highest BCUT2D eigenvalue weighted by Crippen LogP contribution is 2.27. The molecule has 2 heteroatoms. The molecule has 0 saturated heterocycles. The third kappa shape index (κ3) is 5.26. The monoisotopic (exact) mass is 277 g/mol. The molecule has 0 aromatic heterocycles. The van der Waals surface area contributed by atoms with Gasteiger partial charge in [-0.1, -0.05) is 51.1 Å². The Labute approximate surface area is 124 Å². The lowest BCUT2D eigenvalue weighted by atomic mass is 9.97. The molecule has 0 bridgehead atoms. The predicted octanol–water partition coefficient (Wildman–Crippen LogP) is 4.71. The van der Waals surface area contributed by atoms with E-state index in [0.717, 1.165) is 25.8 Å². The van der Waals surface area contributed by atoms with Gasteiger partial charge in [0.05, 0.1) is 17.7 Å². The average molecular weight is 277 g/mol. The van der Waals surface area contributed by atoms with E-state index >= 15 is 0 Å². The molecule has 0 spiro atoms. The first-order valence-corrected chi connectivity index (χ1v) is 8.00. The number of nitrogens with one attached hydrogen (secondary N) is 1. The van der Waals surface area contributed by atoms with Crippen LogP contribution in [-0.4, -0.2) is 18.2 Å². The van der Waals surface area contributed by atoms with Crippen molar-refractivity contribution in [2.45, 2.75) is 71.6 Å². The van der Waals surface area contributed by atoms with E-state index in [-0.39, 0.29) is 17.7 Å². The molecule has 0 aliphatic heterocycles. The summed E-state index contributed by atoms with van der Waals surface area (Å²) in [6, 6.07) is 10.9. The van der Waals surface area contributed by atoms with E-state index in [9.17, 15) is 0 Å². The zero-order valence-electron chi connectivity index (χ0n) is 13.8. The topological polar surface area (TPSA) is 21.3 Å². The van der Waals surface area contributed by atoms with Gasteiger partial charge in [-0.2, -0.15) is 0 Å². The second-order valence-corrected chi connectivity index (χ2v) is 6.02. The maximum absolute atomic E-state index is 6.39. The SMILES string of the molecule is CCCNC(c1ccccc1)C(CC)OC(C)(C)CC. The van der Waals surface area contributed by atoms with Crippen LogP contribution in [0.4, 0.5) is 0 Å². The van der Waals surface area contributed by atoms with Crippen LogP contribution in [0.3, 0.4) is 0 Å². The normalized spacial score (nSPS) is 15.1. The Morgan fingerprint density at radius 1 is 1.10 bits per heavy atom. The Bertz CT molecular complexity index is 361. The molecule has 1 aromatic rings. The largest absolute Gasteiger partial charge is 0.370 e. The molecule has 114 valence electrons. The van der Waals surface area contributed by atoms with Crippen LogP contribution in [0.2, 0.25) is 0 Å². The Morgan fingerprint density at radius 3 is 2.25 bits per heavy atom. The van der Waals surface area contributed by atoms with E-state index in [2.05, 4.69) is 70.3 Å². The molecule has 2 nitrogen and oxygen atoms in total. The molecule has 0 heterocycles. The maximum Gasteiger partial charge on any atom is 0.0774 e. The van der Waals surface area contributed by atoms with Gasteiger partial charge in [0.15, 0.2) is 0 Å². The van der Waals surface area contributed by atoms with Crippen molar-refractivity contribution in [2.24, 2.45) is 0 Å². The Kier molecular flexibility index (Phi) is 7.25. The van der Waals surface area contributed by atoms with Crippen LogP contribution in [0.25, 0.3) is 0 Å². The second-order valence-electron chi connectivity index (χ2n) is 6.02. The van der Waals surface area contributed by atoms with Crippen LogP contribution < -0.4 is 5.32 Å². The fourth-order valence-electron chi connectivity index (χ4n) is 2.30. The summed E-state index contributed by atoms with van der Waals surface area (Å²) < 4.78 is 6.39. The van der Waals surface area contributed by atoms with Crippen molar-refractivity contribution >= 4 is 0 Å². The molecule has 1 aromatic carbocycles. The van der Waals surface area contributed by atoms with Crippen molar-refractivity contribution in [2.75, 3.05) is 6.54 Å². The van der Waals surface area contributed by atoms with E-state index in [1.165, 1.54) is 5.56 Å². The third-order valence-corrected chi connectivity index (χ3v) is 3.87. The standard InChI is InChI=1S/C18H31NO/c1-6-14-19-17(15-12-10-9-11-13-15)16(7-2)20-18(4,5)8-3/h9-13,16-17,19H,6-8,14H2,1-5H3. The summed E-state index contributed by atoms with van der Waals surface area (Å²) in [4.78, 5) is 0. The van der Waals surface area contributed by atoms with Gasteiger partial charge in [-0.25, -0.2) is 0 Å². The molecule has 20 heavy (non-hydrogen) atoms. The molecule has 1 N–H and O–H groups in total. The molecule has 0 aliphatic carbocycles. The van der Waals surface area contributed by atoms with E-state index in [0.29, 0.717) is 0 Å². The number of benzene rings is 1. The lowest BCUT2D eigenvalue weighted by molar-refractivity contribution is -0.0895. The number of hydrogen-bond acceptors (Lipinski definition) is 2. The van der Waals surface area contributed by atoms with Crippen LogP contribution in [0, 0.1) is 0 Å². The van der Waals surface area contributed by atoms with Crippen molar-refractivity contribution in [3.8, 4) is 0 Å². The van der Waals surface area contributed by atoms with Gasteiger partial charge in [0, 0.05) is 0 Å². The minimum atomic E-state index is -0.0679. The Hall–Kier alpha value is -0.860. The van der Waals surface area contributed by atoms with Crippen molar-refractivity contribution in [3.63, 3.8) is 0 Å². The highest BCUT2D eigenvalue weighted by Gasteiger charge is 2.27. The number of hydrogen-bond donors (Lipinski definition) is 1. The van der Waals surface area contributed by atoms with Crippen LogP contribution in [0.1, 0.15) is 65.5 Å². The van der Waals surface area contributed by atoms with E-state index in [4.69, 9.17) is 4.74 Å². The molecule has 0 aliphatic rings. The molecule has 0 saturated carbocycles. The van der Waals surface area contributed by atoms with E-state index in [1.54, 1.807) is 0 Å². The molecular weight excluding hydrogens is 246 g/mol. The first-order valence-electron chi connectivity index (χ1n) is 8.00. The summed E-state index contributed by atoms with van der Waals surface area (Å²) in [7, 11) is 0. The molecule has 2 unspecified atom stereocenters. The van der Waals surface area contributed by atoms with Gasteiger partial charge < -0.3 is 10.1 Å². The van der Waals surface area contributed by atoms with Crippen LogP contribution in [-0.2, 0) is 4.74 Å². The fourth-order valence-corrected chi connectivity index (χ4v) is 2.30. The Balaban J connectivity index is 2.89. The molecule has 1 rings (SSSR count). The molecule has 0 fully saturated rings. The molecular formula is C18H31NO. The molecule has 0 radical (unpaired) electrons. The average Bonchev–Trinajstić information content (AvgIpc) is 2.47. The smallest absolute Gasteiger partial charge is 0.0774 e. The summed E-state index contributed by atoms with van der Waals surface area (Å²) in [5.74, 6) is 0. The fraction of sp³-hybridized carbons (Fsp3) is 0.667. The summed E-state index contributed by atoms with van der Waals surface area (Å²) in [6.07, 6.45) is 3.38. The lowest BCUT2D eigenvalue weighted by Gasteiger charge is -2.35. The lowest BCUT2D eigenvalue weighted by Crippen LogP contribution is -2.39.